The average molecular weight is 551 g/mol. The number of nitrogens with one attached hydrogen (secondary N) is 1. The number of rotatable bonds is 15. The number of benzene rings is 2. The lowest BCUT2D eigenvalue weighted by atomic mass is 9.92. The summed E-state index contributed by atoms with van der Waals surface area (Å²) in [5.41, 5.74) is 9.52. The number of hydrogen-bond acceptors (Lipinski definition) is 6. The van der Waals surface area contributed by atoms with E-state index in [4.69, 9.17) is 10.8 Å². The number of aliphatic carboxylic acids is 2. The van der Waals surface area contributed by atoms with Gasteiger partial charge in [-0.25, -0.2) is 0 Å². The minimum Gasteiger partial charge on any atom is -0.481 e. The van der Waals surface area contributed by atoms with Gasteiger partial charge >= 0.3 is 11.9 Å². The molecule has 0 fully saturated rings. The normalized spacial score (nSPS) is 12.3. The number of amides is 2. The molecule has 3 aromatic rings. The molecule has 2 aromatic carbocycles. The summed E-state index contributed by atoms with van der Waals surface area (Å²) in [7, 11) is 0. The Bertz CT molecular complexity index is 1320. The van der Waals surface area contributed by atoms with Crippen molar-refractivity contribution in [3.8, 4) is 21.6 Å². The third-order valence-corrected chi connectivity index (χ3v) is 7.22. The Morgan fingerprint density at radius 2 is 1.51 bits per heavy atom. The zero-order chi connectivity index (χ0) is 28.4. The Hall–Kier alpha value is -4.31. The highest BCUT2D eigenvalue weighted by Gasteiger charge is 2.28. The summed E-state index contributed by atoms with van der Waals surface area (Å²) >= 11 is 1.64. The van der Waals surface area contributed by atoms with Crippen molar-refractivity contribution >= 4 is 40.9 Å². The number of hydrogen-bond donors (Lipinski definition) is 4. The van der Waals surface area contributed by atoms with E-state index in [0.717, 1.165) is 27.1 Å². The molecule has 0 unspecified atom stereocenters. The first-order valence-corrected chi connectivity index (χ1v) is 13.3. The van der Waals surface area contributed by atoms with Crippen LogP contribution in [0.5, 0.6) is 0 Å². The number of aryl methyl sites for hydroxylation is 1. The Kier molecular flexibility index (Phi) is 10.5. The van der Waals surface area contributed by atoms with E-state index in [-0.39, 0.29) is 19.3 Å². The summed E-state index contributed by atoms with van der Waals surface area (Å²) in [6.45, 7) is 0. The van der Waals surface area contributed by atoms with Crippen molar-refractivity contribution in [3.05, 3.63) is 71.6 Å². The maximum atomic E-state index is 12.7. The molecule has 2 amide bonds. The summed E-state index contributed by atoms with van der Waals surface area (Å²) in [6, 6.07) is 18.7. The molecular weight excluding hydrogens is 520 g/mol. The van der Waals surface area contributed by atoms with Crippen molar-refractivity contribution in [2.75, 3.05) is 0 Å². The van der Waals surface area contributed by atoms with E-state index in [1.54, 1.807) is 11.3 Å². The molecule has 1 heterocycles. The van der Waals surface area contributed by atoms with Gasteiger partial charge in [-0.2, -0.15) is 0 Å². The van der Waals surface area contributed by atoms with Gasteiger partial charge in [0.2, 0.25) is 11.8 Å². The number of Topliss-reactive ketones (excluding diaryl/α,β-unsaturated/α-hetero) is 1. The van der Waals surface area contributed by atoms with Gasteiger partial charge in [0.1, 0.15) is 0 Å². The van der Waals surface area contributed by atoms with E-state index in [2.05, 4.69) is 28.9 Å². The number of ketones is 1. The fraction of sp³-hybridized carbons (Fsp3) is 0.276. The molecule has 39 heavy (non-hydrogen) atoms. The fourth-order valence-electron chi connectivity index (χ4n) is 4.08. The molecule has 0 radical (unpaired) electrons. The van der Waals surface area contributed by atoms with Crippen LogP contribution in [0.3, 0.4) is 0 Å². The van der Waals surface area contributed by atoms with Crippen molar-refractivity contribution in [2.45, 2.75) is 44.6 Å². The van der Waals surface area contributed by atoms with Gasteiger partial charge in [-0.15, -0.1) is 11.3 Å². The maximum Gasteiger partial charge on any atom is 0.305 e. The first kappa shape index (κ1) is 29.2. The first-order valence-electron chi connectivity index (χ1n) is 12.4. The Labute approximate surface area is 229 Å². The molecule has 204 valence electrons. The number of thiophene rings is 1. The van der Waals surface area contributed by atoms with Crippen LogP contribution in [0.15, 0.2) is 66.0 Å². The van der Waals surface area contributed by atoms with Crippen LogP contribution in [0.2, 0.25) is 0 Å². The van der Waals surface area contributed by atoms with Crippen molar-refractivity contribution < 1.29 is 34.2 Å². The predicted molar refractivity (Wildman–Crippen MR) is 147 cm³/mol. The molecule has 0 aliphatic rings. The second-order valence-corrected chi connectivity index (χ2v) is 10.1. The van der Waals surface area contributed by atoms with Crippen LogP contribution in [-0.4, -0.2) is 45.8 Å². The molecule has 10 heteroatoms. The average Bonchev–Trinajstić information content (AvgIpc) is 3.40. The molecule has 0 saturated carbocycles. The number of carboxylic acids is 2. The summed E-state index contributed by atoms with van der Waals surface area (Å²) in [5.74, 6) is -5.56. The largest absolute Gasteiger partial charge is 0.481 e. The molecule has 0 aliphatic carbocycles. The monoisotopic (exact) mass is 550 g/mol. The quantitative estimate of drug-likeness (QED) is 0.223. The van der Waals surface area contributed by atoms with Gasteiger partial charge in [0.15, 0.2) is 5.78 Å². The van der Waals surface area contributed by atoms with Gasteiger partial charge < -0.3 is 21.3 Å². The standard InChI is InChI=1S/C29H30N2O7S/c30-29(38)21(11-13-27(34)35)14-24(32)23(16-28(36)37)31-26(33)12-8-18-6-9-20(10-7-18)25-15-22(17-39-25)19-4-2-1-3-5-19/h1-7,9-10,15,17,21,23H,8,11-14,16H2,(H2,30,38)(H,31,33)(H,34,35)(H,36,37)/t21-,23+/m1/s1. The maximum absolute atomic E-state index is 12.7. The Balaban J connectivity index is 1.56. The highest BCUT2D eigenvalue weighted by atomic mass is 32.1. The Morgan fingerprint density at radius 1 is 0.821 bits per heavy atom. The van der Waals surface area contributed by atoms with Crippen LogP contribution < -0.4 is 11.1 Å². The number of primary amides is 1. The predicted octanol–water partition coefficient (Wildman–Crippen LogP) is 3.90. The smallest absolute Gasteiger partial charge is 0.305 e. The molecule has 0 spiro atoms. The van der Waals surface area contributed by atoms with Gasteiger partial charge in [-0.05, 0) is 46.5 Å². The zero-order valence-corrected chi connectivity index (χ0v) is 22.0. The van der Waals surface area contributed by atoms with Gasteiger partial charge in [0, 0.05) is 30.1 Å². The summed E-state index contributed by atoms with van der Waals surface area (Å²) in [5, 5.41) is 22.6. The van der Waals surface area contributed by atoms with Crippen molar-refractivity contribution in [2.24, 2.45) is 11.7 Å². The Morgan fingerprint density at radius 3 is 2.13 bits per heavy atom. The third kappa shape index (κ3) is 9.19. The summed E-state index contributed by atoms with van der Waals surface area (Å²) in [4.78, 5) is 60.0. The van der Waals surface area contributed by atoms with E-state index in [0.29, 0.717) is 6.42 Å². The van der Waals surface area contributed by atoms with E-state index >= 15 is 0 Å². The first-order chi connectivity index (χ1) is 18.6. The molecule has 0 aliphatic heterocycles. The number of nitrogens with two attached hydrogens (primary N) is 1. The van der Waals surface area contributed by atoms with Gasteiger partial charge in [-0.3, -0.25) is 24.0 Å². The third-order valence-electron chi connectivity index (χ3n) is 6.25. The number of carbonyl (C=O) groups excluding carboxylic acids is 3. The van der Waals surface area contributed by atoms with E-state index in [9.17, 15) is 29.1 Å². The molecule has 1 aromatic heterocycles. The van der Waals surface area contributed by atoms with Crippen LogP contribution in [0.25, 0.3) is 21.6 Å². The summed E-state index contributed by atoms with van der Waals surface area (Å²) < 4.78 is 0. The van der Waals surface area contributed by atoms with E-state index in [1.165, 1.54) is 0 Å². The van der Waals surface area contributed by atoms with Crippen molar-refractivity contribution in [3.63, 3.8) is 0 Å². The van der Waals surface area contributed by atoms with Gasteiger partial charge in [-0.1, -0.05) is 54.6 Å². The van der Waals surface area contributed by atoms with Crippen LogP contribution >= 0.6 is 11.3 Å². The van der Waals surface area contributed by atoms with Gasteiger partial charge in [0.05, 0.1) is 12.5 Å². The number of carboxylic acid groups (broad SMARTS) is 2. The lowest BCUT2D eigenvalue weighted by molar-refractivity contribution is -0.140. The molecule has 0 saturated heterocycles. The molecule has 3 rings (SSSR count). The highest BCUT2D eigenvalue weighted by Crippen LogP contribution is 2.32. The van der Waals surface area contributed by atoms with Crippen LogP contribution in [-0.2, 0) is 30.4 Å². The zero-order valence-electron chi connectivity index (χ0n) is 21.2. The van der Waals surface area contributed by atoms with E-state index in [1.807, 2.05) is 42.5 Å². The van der Waals surface area contributed by atoms with Crippen molar-refractivity contribution in [1.82, 2.24) is 5.32 Å². The highest BCUT2D eigenvalue weighted by molar-refractivity contribution is 7.14. The molecule has 9 nitrogen and oxygen atoms in total. The van der Waals surface area contributed by atoms with E-state index < -0.39 is 54.3 Å². The second-order valence-electron chi connectivity index (χ2n) is 9.18. The molecule has 2 atom stereocenters. The van der Waals surface area contributed by atoms with Crippen LogP contribution in [0.4, 0.5) is 0 Å². The topological polar surface area (TPSA) is 164 Å². The minimum atomic E-state index is -1.35. The van der Waals surface area contributed by atoms with Crippen molar-refractivity contribution in [1.29, 1.82) is 0 Å². The SMILES string of the molecule is NC(=O)[C@H](CCC(=O)O)CC(=O)[C@H](CC(=O)O)NC(=O)CCc1ccc(-c2cc(-c3ccccc3)cs2)cc1. The fourth-order valence-corrected chi connectivity index (χ4v) is 5.00. The summed E-state index contributed by atoms with van der Waals surface area (Å²) in [6.07, 6.45) is -1.22. The molecule has 5 N–H and O–H groups in total. The second kappa shape index (κ2) is 14.0. The molecular formula is C29H30N2O7S. The lowest BCUT2D eigenvalue weighted by Gasteiger charge is -2.19. The molecule has 0 bridgehead atoms. The van der Waals surface area contributed by atoms with Crippen LogP contribution in [0.1, 0.15) is 37.7 Å². The number of carbonyl (C=O) groups is 5. The lowest BCUT2D eigenvalue weighted by Crippen LogP contribution is -2.43. The minimum absolute atomic E-state index is 0.0260. The van der Waals surface area contributed by atoms with Crippen LogP contribution in [0, 0.1) is 5.92 Å². The van der Waals surface area contributed by atoms with Gasteiger partial charge in [0.25, 0.3) is 0 Å².